The summed E-state index contributed by atoms with van der Waals surface area (Å²) in [4.78, 5) is 66.9. The van der Waals surface area contributed by atoms with Crippen LogP contribution in [0, 0.1) is 23.7 Å². The van der Waals surface area contributed by atoms with Crippen LogP contribution in [0.3, 0.4) is 0 Å². The molecule has 5 atom stereocenters. The number of fused-ring (bicyclic) bond motifs is 2. The van der Waals surface area contributed by atoms with Gasteiger partial charge in [0.25, 0.3) is 5.91 Å². The zero-order chi connectivity index (χ0) is 30.6. The van der Waals surface area contributed by atoms with Gasteiger partial charge in [-0.15, -0.1) is 23.2 Å². The van der Waals surface area contributed by atoms with Crippen molar-refractivity contribution in [3.8, 4) is 0 Å². The van der Waals surface area contributed by atoms with E-state index in [-0.39, 0.29) is 36.6 Å². The molecule has 4 aliphatic rings. The Morgan fingerprint density at radius 1 is 1.07 bits per heavy atom. The fourth-order valence-corrected chi connectivity index (χ4v) is 7.47. The maximum Gasteiger partial charge on any atom is 0.408 e. The van der Waals surface area contributed by atoms with Crippen LogP contribution in [-0.2, 0) is 36.8 Å². The maximum atomic E-state index is 14.4. The second kappa shape index (κ2) is 11.3. The number of nitrogens with one attached hydrogen (secondary N) is 2. The van der Waals surface area contributed by atoms with Gasteiger partial charge in [-0.2, -0.15) is 0 Å². The summed E-state index contributed by atoms with van der Waals surface area (Å²) >= 11 is 13.1. The normalized spacial score (nSPS) is 25.8. The molecule has 0 bridgehead atoms. The molecule has 42 heavy (non-hydrogen) atoms. The topological polar surface area (TPSA) is 148 Å². The van der Waals surface area contributed by atoms with E-state index in [1.165, 1.54) is 4.90 Å². The fraction of sp³-hybridized carbons (Fsp3) is 0.633. The Bertz CT molecular complexity index is 1270. The van der Waals surface area contributed by atoms with Crippen molar-refractivity contribution in [1.29, 1.82) is 0 Å². The SMILES string of the molecule is CC(C)(C)OC(=O)N[C@H](C(=O)N1C[C@H]2C(CC2(Cl)Cl)[C@H]1C(=O)NC(CC1CC1)C(=O)C(N)=O)C1Cc2ccccc2C1. The van der Waals surface area contributed by atoms with Crippen LogP contribution in [0.1, 0.15) is 57.6 Å². The minimum absolute atomic E-state index is 0.109. The molecule has 12 heteroatoms. The van der Waals surface area contributed by atoms with Gasteiger partial charge in [-0.3, -0.25) is 19.2 Å². The van der Waals surface area contributed by atoms with Gasteiger partial charge in [0.2, 0.25) is 17.6 Å². The Morgan fingerprint density at radius 2 is 1.69 bits per heavy atom. The van der Waals surface area contributed by atoms with Crippen LogP contribution in [0.25, 0.3) is 0 Å². The number of nitrogens with zero attached hydrogens (tertiary/aromatic N) is 1. The molecule has 2 unspecified atom stereocenters. The number of hydrogen-bond donors (Lipinski definition) is 3. The van der Waals surface area contributed by atoms with Gasteiger partial charge >= 0.3 is 6.09 Å². The lowest BCUT2D eigenvalue weighted by Crippen LogP contribution is -2.59. The molecule has 228 valence electrons. The number of alkyl halides is 2. The number of amides is 4. The van der Waals surface area contributed by atoms with Crippen LogP contribution in [-0.4, -0.2) is 69.1 Å². The van der Waals surface area contributed by atoms with Gasteiger partial charge in [0.15, 0.2) is 0 Å². The summed E-state index contributed by atoms with van der Waals surface area (Å²) in [7, 11) is 0. The molecule has 1 aromatic carbocycles. The van der Waals surface area contributed by atoms with Crippen molar-refractivity contribution < 1.29 is 28.7 Å². The summed E-state index contributed by atoms with van der Waals surface area (Å²) in [5.41, 5.74) is 6.68. The van der Waals surface area contributed by atoms with Gasteiger partial charge in [0, 0.05) is 12.5 Å². The molecule has 0 aromatic heterocycles. The summed E-state index contributed by atoms with van der Waals surface area (Å²) < 4.78 is 4.38. The van der Waals surface area contributed by atoms with Crippen molar-refractivity contribution in [3.05, 3.63) is 35.4 Å². The van der Waals surface area contributed by atoms with Gasteiger partial charge in [-0.05, 0) is 75.3 Å². The minimum Gasteiger partial charge on any atom is -0.444 e. The van der Waals surface area contributed by atoms with E-state index < -0.39 is 57.7 Å². The highest BCUT2D eigenvalue weighted by molar-refractivity contribution is 6.49. The van der Waals surface area contributed by atoms with Crippen molar-refractivity contribution >= 4 is 52.8 Å². The highest BCUT2D eigenvalue weighted by Gasteiger charge is 2.64. The summed E-state index contributed by atoms with van der Waals surface area (Å²) in [6.07, 6.45) is 2.77. The number of likely N-dealkylation sites (tertiary alicyclic amines) is 1. The Balaban J connectivity index is 1.42. The molecule has 10 nitrogen and oxygen atoms in total. The first-order chi connectivity index (χ1) is 19.6. The molecule has 3 aliphatic carbocycles. The molecular weight excluding hydrogens is 583 g/mol. The van der Waals surface area contributed by atoms with E-state index in [4.69, 9.17) is 33.7 Å². The largest absolute Gasteiger partial charge is 0.444 e. The van der Waals surface area contributed by atoms with Crippen LogP contribution in [0.5, 0.6) is 0 Å². The highest BCUT2D eigenvalue weighted by atomic mass is 35.5. The number of hydrogen-bond acceptors (Lipinski definition) is 6. The molecule has 3 fully saturated rings. The number of carbonyl (C=O) groups excluding carboxylic acids is 5. The number of ether oxygens (including phenoxy) is 1. The van der Waals surface area contributed by atoms with Gasteiger partial charge < -0.3 is 26.0 Å². The molecule has 1 aromatic rings. The molecule has 1 saturated heterocycles. The number of nitrogens with two attached hydrogens (primary N) is 1. The Labute approximate surface area is 255 Å². The number of halogens is 2. The van der Waals surface area contributed by atoms with E-state index in [1.54, 1.807) is 20.8 Å². The lowest BCUT2D eigenvalue weighted by atomic mass is 9.71. The van der Waals surface area contributed by atoms with E-state index in [9.17, 15) is 24.0 Å². The average Bonchev–Trinajstić information content (AvgIpc) is 3.49. The molecule has 0 spiro atoms. The second-order valence-corrected chi connectivity index (χ2v) is 14.7. The summed E-state index contributed by atoms with van der Waals surface area (Å²) in [5.74, 6) is -3.78. The Hall–Kier alpha value is -2.85. The first kappa shape index (κ1) is 30.6. The highest BCUT2D eigenvalue weighted by Crippen LogP contribution is 2.58. The third kappa shape index (κ3) is 6.39. The van der Waals surface area contributed by atoms with Crippen molar-refractivity contribution in [3.63, 3.8) is 0 Å². The van der Waals surface area contributed by atoms with E-state index >= 15 is 0 Å². The van der Waals surface area contributed by atoms with Crippen molar-refractivity contribution in [2.75, 3.05) is 6.54 Å². The van der Waals surface area contributed by atoms with E-state index in [1.807, 2.05) is 24.3 Å². The average molecular weight is 622 g/mol. The van der Waals surface area contributed by atoms with Crippen LogP contribution < -0.4 is 16.4 Å². The monoisotopic (exact) mass is 620 g/mol. The fourth-order valence-electron chi connectivity index (χ4n) is 6.65. The smallest absolute Gasteiger partial charge is 0.408 e. The van der Waals surface area contributed by atoms with Crippen molar-refractivity contribution in [2.45, 2.75) is 87.4 Å². The van der Waals surface area contributed by atoms with Crippen molar-refractivity contribution in [2.24, 2.45) is 29.4 Å². The van der Waals surface area contributed by atoms with Gasteiger partial charge in [-0.1, -0.05) is 37.1 Å². The van der Waals surface area contributed by atoms with Gasteiger partial charge in [0.05, 0.1) is 6.04 Å². The first-order valence-corrected chi connectivity index (χ1v) is 15.3. The number of rotatable bonds is 9. The zero-order valence-corrected chi connectivity index (χ0v) is 25.5. The molecular formula is C30H38Cl2N4O6. The minimum atomic E-state index is -1.12. The summed E-state index contributed by atoms with van der Waals surface area (Å²) in [6, 6.07) is 4.82. The Kier molecular flexibility index (Phi) is 8.26. The molecule has 5 rings (SSSR count). The number of ketones is 1. The van der Waals surface area contributed by atoms with E-state index in [2.05, 4.69) is 10.6 Å². The van der Waals surface area contributed by atoms with E-state index in [0.717, 1.165) is 24.0 Å². The molecule has 2 saturated carbocycles. The summed E-state index contributed by atoms with van der Waals surface area (Å²) in [5, 5.41) is 5.52. The standard InChI is InChI=1S/C30H38Cl2N4O6/c1-29(2,3)42-28(41)35-22(18-11-16-6-4-5-7-17(16)12-18)27(40)36-14-20-19(13-30(20,31)32)23(36)26(39)34-21(10-15-8-9-15)24(37)25(33)38/h4-7,15,18-23H,8-14H2,1-3H3,(H2,33,38)(H,34,39)(H,35,41)/t19?,20-,21?,22-,23-/m0/s1. The van der Waals surface area contributed by atoms with Crippen LogP contribution in [0.15, 0.2) is 24.3 Å². The van der Waals surface area contributed by atoms with Crippen LogP contribution >= 0.6 is 23.2 Å². The van der Waals surface area contributed by atoms with Crippen molar-refractivity contribution in [1.82, 2.24) is 15.5 Å². The third-order valence-corrected chi connectivity index (χ3v) is 9.76. The molecule has 1 heterocycles. The third-order valence-electron chi connectivity index (χ3n) is 8.89. The number of carbonyl (C=O) groups is 5. The number of alkyl carbamates (subject to hydrolysis) is 1. The second-order valence-electron chi connectivity index (χ2n) is 13.2. The molecule has 4 N–H and O–H groups in total. The van der Waals surface area contributed by atoms with Crippen LogP contribution in [0.2, 0.25) is 0 Å². The lowest BCUT2D eigenvalue weighted by molar-refractivity contribution is -0.143. The zero-order valence-electron chi connectivity index (χ0n) is 24.0. The number of primary amides is 1. The van der Waals surface area contributed by atoms with Crippen LogP contribution in [0.4, 0.5) is 4.79 Å². The lowest BCUT2D eigenvalue weighted by Gasteiger charge is -2.44. The van der Waals surface area contributed by atoms with E-state index in [0.29, 0.717) is 19.3 Å². The molecule has 1 aliphatic heterocycles. The predicted molar refractivity (Wildman–Crippen MR) is 156 cm³/mol. The Morgan fingerprint density at radius 3 is 2.21 bits per heavy atom. The number of Topliss-reactive ketones (excluding diaryl/α,β-unsaturated/α-hetero) is 1. The number of benzene rings is 1. The predicted octanol–water partition coefficient (Wildman–Crippen LogP) is 2.65. The first-order valence-electron chi connectivity index (χ1n) is 14.5. The maximum absolute atomic E-state index is 14.4. The summed E-state index contributed by atoms with van der Waals surface area (Å²) in [6.45, 7) is 5.32. The quantitative estimate of drug-likeness (QED) is 0.285. The van der Waals surface area contributed by atoms with Gasteiger partial charge in [0.1, 0.15) is 22.0 Å². The van der Waals surface area contributed by atoms with Gasteiger partial charge in [-0.25, -0.2) is 4.79 Å². The molecule has 4 amide bonds. The molecule has 0 radical (unpaired) electrons.